The van der Waals surface area contributed by atoms with Gasteiger partial charge in [0, 0.05) is 18.1 Å². The monoisotopic (exact) mass is 340 g/mol. The summed E-state index contributed by atoms with van der Waals surface area (Å²) >= 11 is 15.1. The van der Waals surface area contributed by atoms with Crippen LogP contribution in [0.3, 0.4) is 0 Å². The van der Waals surface area contributed by atoms with E-state index in [1.165, 1.54) is 7.11 Å². The molecule has 0 bridgehead atoms. The molecule has 94 valence electrons. The first kappa shape index (κ1) is 14.7. The largest absolute Gasteiger partial charge is 0.370 e. The lowest BCUT2D eigenvalue weighted by Gasteiger charge is -2.14. The average molecular weight is 342 g/mol. The molecule has 7 heteroatoms. The van der Waals surface area contributed by atoms with Crippen LogP contribution in [-0.4, -0.2) is 25.7 Å². The van der Waals surface area contributed by atoms with Crippen LogP contribution in [0.2, 0.25) is 10.0 Å². The van der Waals surface area contributed by atoms with Crippen molar-refractivity contribution >= 4 is 50.7 Å². The fourth-order valence-corrected chi connectivity index (χ4v) is 1.97. The van der Waals surface area contributed by atoms with Gasteiger partial charge in [-0.25, -0.2) is 0 Å². The highest BCUT2D eigenvalue weighted by Crippen LogP contribution is 2.35. The number of carbonyl (C=O) groups is 1. The van der Waals surface area contributed by atoms with Crippen LogP contribution in [0.15, 0.2) is 16.6 Å². The molecule has 0 saturated carbocycles. The third-order valence-electron chi connectivity index (χ3n) is 2.08. The van der Waals surface area contributed by atoms with Crippen LogP contribution in [0.1, 0.15) is 0 Å². The first-order valence-corrected chi connectivity index (χ1v) is 6.23. The van der Waals surface area contributed by atoms with Gasteiger partial charge in [0.15, 0.2) is 0 Å². The van der Waals surface area contributed by atoms with E-state index in [0.717, 1.165) is 0 Å². The third-order valence-corrected chi connectivity index (χ3v) is 3.86. The van der Waals surface area contributed by atoms with Gasteiger partial charge in [-0.2, -0.15) is 0 Å². The number of ether oxygens (including phenoxy) is 1. The van der Waals surface area contributed by atoms with Crippen LogP contribution in [0.4, 0.5) is 5.69 Å². The van der Waals surface area contributed by atoms with Crippen molar-refractivity contribution in [1.29, 1.82) is 0 Å². The molecule has 0 aromatic heterocycles. The molecular weight excluding hydrogens is 331 g/mol. The van der Waals surface area contributed by atoms with Crippen molar-refractivity contribution in [3.63, 3.8) is 0 Å². The van der Waals surface area contributed by atoms with Crippen molar-refractivity contribution in [2.24, 2.45) is 5.73 Å². The molecule has 0 heterocycles. The molecule has 17 heavy (non-hydrogen) atoms. The highest BCUT2D eigenvalue weighted by atomic mass is 79.9. The van der Waals surface area contributed by atoms with E-state index >= 15 is 0 Å². The zero-order valence-corrected chi connectivity index (χ0v) is 12.1. The Morgan fingerprint density at radius 2 is 2.18 bits per heavy atom. The number of amides is 1. The number of rotatable bonds is 4. The molecule has 0 fully saturated rings. The average Bonchev–Trinajstić information content (AvgIpc) is 2.31. The summed E-state index contributed by atoms with van der Waals surface area (Å²) in [5.41, 5.74) is 5.79. The summed E-state index contributed by atoms with van der Waals surface area (Å²) in [5.74, 6) is -0.365. The van der Waals surface area contributed by atoms with E-state index in [0.29, 0.717) is 15.2 Å². The molecule has 1 amide bonds. The van der Waals surface area contributed by atoms with Crippen LogP contribution in [0.25, 0.3) is 0 Å². The van der Waals surface area contributed by atoms with Gasteiger partial charge < -0.3 is 15.8 Å². The minimum absolute atomic E-state index is 0.0875. The summed E-state index contributed by atoms with van der Waals surface area (Å²) in [5, 5.41) is 3.20. The smallest absolute Gasteiger partial charge is 0.254 e. The van der Waals surface area contributed by atoms with Gasteiger partial charge in [0.05, 0.1) is 15.7 Å². The summed E-state index contributed by atoms with van der Waals surface area (Å²) in [4.78, 5) is 11.7. The van der Waals surface area contributed by atoms with E-state index in [1.807, 2.05) is 0 Å². The zero-order valence-electron chi connectivity index (χ0n) is 8.97. The minimum atomic E-state index is -0.714. The minimum Gasteiger partial charge on any atom is -0.370 e. The summed E-state index contributed by atoms with van der Waals surface area (Å²) < 4.78 is 5.56. The lowest BCUT2D eigenvalue weighted by Crippen LogP contribution is -2.35. The lowest BCUT2D eigenvalue weighted by atomic mass is 10.3. The maximum absolute atomic E-state index is 11.7. The Morgan fingerprint density at radius 1 is 1.53 bits per heavy atom. The molecule has 0 aliphatic carbocycles. The van der Waals surface area contributed by atoms with E-state index < -0.39 is 6.10 Å². The number of anilines is 1. The van der Waals surface area contributed by atoms with Crippen molar-refractivity contribution in [3.8, 4) is 0 Å². The molecule has 0 radical (unpaired) electrons. The van der Waals surface area contributed by atoms with Crippen LogP contribution in [-0.2, 0) is 9.53 Å². The molecule has 0 spiro atoms. The van der Waals surface area contributed by atoms with Gasteiger partial charge in [-0.3, -0.25) is 4.79 Å². The highest BCUT2D eigenvalue weighted by Gasteiger charge is 2.18. The molecule has 0 aliphatic rings. The standard InChI is InChI=1S/C10H11BrCl2N2O2/c1-17-7(4-14)10(16)15-6-3-2-5(11)8(12)9(6)13/h2-3,7H,4,14H2,1H3,(H,15,16). The van der Waals surface area contributed by atoms with E-state index in [2.05, 4.69) is 21.2 Å². The topological polar surface area (TPSA) is 64.3 Å². The van der Waals surface area contributed by atoms with Crippen LogP contribution < -0.4 is 11.1 Å². The number of hydrogen-bond acceptors (Lipinski definition) is 3. The molecule has 1 unspecified atom stereocenters. The lowest BCUT2D eigenvalue weighted by molar-refractivity contribution is -0.125. The molecule has 1 aromatic carbocycles. The second-order valence-corrected chi connectivity index (χ2v) is 4.78. The third kappa shape index (κ3) is 3.56. The Bertz CT molecular complexity index is 425. The summed E-state index contributed by atoms with van der Waals surface area (Å²) in [6, 6.07) is 3.33. The first-order chi connectivity index (χ1) is 8.01. The molecule has 1 aromatic rings. The Hall–Kier alpha value is -0.330. The van der Waals surface area contributed by atoms with Gasteiger partial charge in [0.2, 0.25) is 0 Å². The summed E-state index contributed by atoms with van der Waals surface area (Å²) in [6.07, 6.45) is -0.714. The van der Waals surface area contributed by atoms with E-state index in [1.54, 1.807) is 12.1 Å². The number of carbonyl (C=O) groups excluding carboxylic acids is 1. The maximum Gasteiger partial charge on any atom is 0.254 e. The Kier molecular flexibility index (Phi) is 5.69. The first-order valence-electron chi connectivity index (χ1n) is 4.68. The van der Waals surface area contributed by atoms with Gasteiger partial charge in [-0.15, -0.1) is 0 Å². The van der Waals surface area contributed by atoms with Crippen LogP contribution in [0, 0.1) is 0 Å². The number of benzene rings is 1. The van der Waals surface area contributed by atoms with Gasteiger partial charge in [0.25, 0.3) is 5.91 Å². The van der Waals surface area contributed by atoms with Crippen LogP contribution >= 0.6 is 39.1 Å². The summed E-state index contributed by atoms with van der Waals surface area (Å²) in [6.45, 7) is 0.0875. The number of hydrogen-bond donors (Lipinski definition) is 2. The number of halogens is 3. The van der Waals surface area contributed by atoms with E-state index in [-0.39, 0.29) is 17.5 Å². The predicted molar refractivity (Wildman–Crippen MR) is 72.6 cm³/mol. The van der Waals surface area contributed by atoms with Crippen molar-refractivity contribution in [3.05, 3.63) is 26.7 Å². The maximum atomic E-state index is 11.7. The van der Waals surface area contributed by atoms with E-state index in [4.69, 9.17) is 33.7 Å². The zero-order chi connectivity index (χ0) is 13.0. The van der Waals surface area contributed by atoms with Crippen molar-refractivity contribution in [2.75, 3.05) is 19.0 Å². The number of nitrogens with two attached hydrogens (primary N) is 1. The highest BCUT2D eigenvalue weighted by molar-refractivity contribution is 9.10. The van der Waals surface area contributed by atoms with Gasteiger partial charge in [0.1, 0.15) is 6.10 Å². The molecular formula is C10H11BrCl2N2O2. The summed E-state index contributed by atoms with van der Waals surface area (Å²) in [7, 11) is 1.41. The Labute approximate surface area is 118 Å². The van der Waals surface area contributed by atoms with Crippen LogP contribution in [0.5, 0.6) is 0 Å². The molecule has 0 saturated heterocycles. The van der Waals surface area contributed by atoms with Crippen molar-refractivity contribution in [1.82, 2.24) is 0 Å². The number of methoxy groups -OCH3 is 1. The Balaban J connectivity index is 2.89. The second kappa shape index (κ2) is 6.56. The van der Waals surface area contributed by atoms with Gasteiger partial charge in [-0.1, -0.05) is 23.2 Å². The predicted octanol–water partition coefficient (Wildman–Crippen LogP) is 2.67. The fourth-order valence-electron chi connectivity index (χ4n) is 1.15. The number of nitrogens with one attached hydrogen (secondary N) is 1. The van der Waals surface area contributed by atoms with Gasteiger partial charge >= 0.3 is 0 Å². The Morgan fingerprint density at radius 3 is 2.71 bits per heavy atom. The van der Waals surface area contributed by atoms with Gasteiger partial charge in [-0.05, 0) is 28.1 Å². The van der Waals surface area contributed by atoms with E-state index in [9.17, 15) is 4.79 Å². The molecule has 4 nitrogen and oxygen atoms in total. The molecule has 1 atom stereocenters. The SMILES string of the molecule is COC(CN)C(=O)Nc1ccc(Br)c(Cl)c1Cl. The fraction of sp³-hybridized carbons (Fsp3) is 0.300. The quantitative estimate of drug-likeness (QED) is 0.827. The van der Waals surface area contributed by atoms with Crippen molar-refractivity contribution in [2.45, 2.75) is 6.10 Å². The molecule has 3 N–H and O–H groups in total. The second-order valence-electron chi connectivity index (χ2n) is 3.17. The molecule has 1 rings (SSSR count). The van der Waals surface area contributed by atoms with Crippen molar-refractivity contribution < 1.29 is 9.53 Å². The normalized spacial score (nSPS) is 12.3. The molecule has 0 aliphatic heterocycles.